The lowest BCUT2D eigenvalue weighted by atomic mass is 10.1. The fraction of sp³-hybridized carbons (Fsp3) is 0.619. The first kappa shape index (κ1) is 25.5. The number of amides is 1. The van der Waals surface area contributed by atoms with E-state index in [1.165, 1.54) is 0 Å². The van der Waals surface area contributed by atoms with Crippen LogP contribution in [0.25, 0.3) is 0 Å². The van der Waals surface area contributed by atoms with Gasteiger partial charge in [-0.05, 0) is 26.8 Å². The molecule has 1 aromatic rings. The highest BCUT2D eigenvalue weighted by Crippen LogP contribution is 2.22. The highest BCUT2D eigenvalue weighted by molar-refractivity contribution is 14.0. The van der Waals surface area contributed by atoms with Gasteiger partial charge in [-0.3, -0.25) is 14.7 Å². The summed E-state index contributed by atoms with van der Waals surface area (Å²) in [5.74, 6) is 1.83. The van der Waals surface area contributed by atoms with E-state index < -0.39 is 0 Å². The third-order valence-electron chi connectivity index (χ3n) is 4.60. The molecule has 1 amide bonds. The lowest BCUT2D eigenvalue weighted by Crippen LogP contribution is -2.50. The van der Waals surface area contributed by atoms with Crippen molar-refractivity contribution in [3.63, 3.8) is 0 Å². The van der Waals surface area contributed by atoms with Crippen molar-refractivity contribution >= 4 is 35.8 Å². The number of benzene rings is 1. The molecule has 2 N–H and O–H groups in total. The molecule has 29 heavy (non-hydrogen) atoms. The number of nitrogens with one attached hydrogen (secondary N) is 2. The molecule has 1 aliphatic rings. The number of guanidine groups is 1. The molecule has 0 atom stereocenters. The quantitative estimate of drug-likeness (QED) is 0.345. The van der Waals surface area contributed by atoms with E-state index >= 15 is 0 Å². The van der Waals surface area contributed by atoms with Crippen LogP contribution in [-0.4, -0.2) is 73.6 Å². The Labute approximate surface area is 192 Å². The van der Waals surface area contributed by atoms with Crippen LogP contribution in [0.2, 0.25) is 0 Å². The standard InChI is InChI=1S/C21H35N5O2.HI/c1-17(27)26-14-12-25(13-15-26)11-10-23-20(22-5)24-16-18-8-6-7-9-19(18)28-21(2,3)4;/h6-9H,10-16H2,1-5H3,(H2,22,23,24);1H. The van der Waals surface area contributed by atoms with E-state index in [-0.39, 0.29) is 35.5 Å². The van der Waals surface area contributed by atoms with Crippen molar-refractivity contribution in [2.24, 2.45) is 4.99 Å². The maximum Gasteiger partial charge on any atom is 0.219 e. The largest absolute Gasteiger partial charge is 0.488 e. The Hall–Kier alpha value is -1.55. The van der Waals surface area contributed by atoms with Crippen LogP contribution in [-0.2, 0) is 11.3 Å². The summed E-state index contributed by atoms with van der Waals surface area (Å²) in [6, 6.07) is 8.07. The third kappa shape index (κ3) is 9.20. The molecule has 1 aromatic carbocycles. The minimum Gasteiger partial charge on any atom is -0.488 e. The summed E-state index contributed by atoms with van der Waals surface area (Å²) in [4.78, 5) is 20.0. The van der Waals surface area contributed by atoms with Gasteiger partial charge in [0.25, 0.3) is 0 Å². The van der Waals surface area contributed by atoms with Gasteiger partial charge < -0.3 is 20.3 Å². The zero-order valence-corrected chi connectivity index (χ0v) is 20.7. The molecule has 0 saturated carbocycles. The molecule has 0 radical (unpaired) electrons. The topological polar surface area (TPSA) is 69.2 Å². The molecule has 0 unspecified atom stereocenters. The van der Waals surface area contributed by atoms with Gasteiger partial charge in [-0.2, -0.15) is 0 Å². The van der Waals surface area contributed by atoms with Gasteiger partial charge in [-0.15, -0.1) is 24.0 Å². The summed E-state index contributed by atoms with van der Waals surface area (Å²) in [7, 11) is 1.78. The predicted octanol–water partition coefficient (Wildman–Crippen LogP) is 2.31. The van der Waals surface area contributed by atoms with E-state index in [2.05, 4.69) is 26.6 Å². The SMILES string of the molecule is CN=C(NCCN1CCN(C(C)=O)CC1)NCc1ccccc1OC(C)(C)C.I. The van der Waals surface area contributed by atoms with Crippen molar-refractivity contribution in [2.45, 2.75) is 39.8 Å². The lowest BCUT2D eigenvalue weighted by molar-refractivity contribution is -0.130. The summed E-state index contributed by atoms with van der Waals surface area (Å²) >= 11 is 0. The smallest absolute Gasteiger partial charge is 0.219 e. The molecule has 0 aromatic heterocycles. The minimum atomic E-state index is -0.234. The van der Waals surface area contributed by atoms with Gasteiger partial charge in [-0.1, -0.05) is 18.2 Å². The van der Waals surface area contributed by atoms with Crippen LogP contribution in [0.15, 0.2) is 29.3 Å². The van der Waals surface area contributed by atoms with Gasteiger partial charge in [0.05, 0.1) is 0 Å². The Balaban J connectivity index is 0.00000420. The number of halogens is 1. The number of aliphatic imine (C=N–C) groups is 1. The molecule has 2 rings (SSSR count). The molecule has 8 heteroatoms. The van der Waals surface area contributed by atoms with Crippen molar-refractivity contribution in [2.75, 3.05) is 46.3 Å². The molecule has 0 aliphatic carbocycles. The van der Waals surface area contributed by atoms with Crippen molar-refractivity contribution in [3.05, 3.63) is 29.8 Å². The second-order valence-electron chi connectivity index (χ2n) is 8.02. The first-order valence-electron chi connectivity index (χ1n) is 9.98. The molecular weight excluding hydrogens is 481 g/mol. The number of ether oxygens (including phenoxy) is 1. The number of carbonyl (C=O) groups is 1. The van der Waals surface area contributed by atoms with E-state index in [4.69, 9.17) is 4.74 Å². The molecular formula is C21H36IN5O2. The molecule has 0 bridgehead atoms. The first-order chi connectivity index (χ1) is 13.3. The highest BCUT2D eigenvalue weighted by atomic mass is 127. The monoisotopic (exact) mass is 517 g/mol. The Kier molecular flexibility index (Phi) is 10.7. The third-order valence-corrected chi connectivity index (χ3v) is 4.60. The average Bonchev–Trinajstić information content (AvgIpc) is 2.64. The van der Waals surface area contributed by atoms with Crippen LogP contribution >= 0.6 is 24.0 Å². The molecule has 7 nitrogen and oxygen atoms in total. The van der Waals surface area contributed by atoms with Crippen LogP contribution < -0.4 is 15.4 Å². The van der Waals surface area contributed by atoms with E-state index in [0.717, 1.165) is 56.5 Å². The number of nitrogens with zero attached hydrogens (tertiary/aromatic N) is 3. The Morgan fingerprint density at radius 1 is 1.14 bits per heavy atom. The molecule has 1 heterocycles. The fourth-order valence-corrected chi connectivity index (χ4v) is 3.10. The van der Waals surface area contributed by atoms with Crippen molar-refractivity contribution in [1.29, 1.82) is 0 Å². The van der Waals surface area contributed by atoms with Gasteiger partial charge in [0.1, 0.15) is 11.4 Å². The summed E-state index contributed by atoms with van der Waals surface area (Å²) in [6.07, 6.45) is 0. The second kappa shape index (κ2) is 12.2. The molecule has 164 valence electrons. The normalized spacial score (nSPS) is 15.5. The number of carbonyl (C=O) groups excluding carboxylic acids is 1. The van der Waals surface area contributed by atoms with E-state index in [0.29, 0.717) is 6.54 Å². The summed E-state index contributed by atoms with van der Waals surface area (Å²) in [5, 5.41) is 6.72. The van der Waals surface area contributed by atoms with Gasteiger partial charge >= 0.3 is 0 Å². The maximum absolute atomic E-state index is 11.4. The number of para-hydroxylation sites is 1. The second-order valence-corrected chi connectivity index (χ2v) is 8.02. The lowest BCUT2D eigenvalue weighted by Gasteiger charge is -2.34. The minimum absolute atomic E-state index is 0. The molecule has 0 spiro atoms. The molecule has 1 fully saturated rings. The number of rotatable bonds is 6. The van der Waals surface area contributed by atoms with Crippen molar-refractivity contribution in [3.8, 4) is 5.75 Å². The highest BCUT2D eigenvalue weighted by Gasteiger charge is 2.18. The Morgan fingerprint density at radius 3 is 2.38 bits per heavy atom. The molecule has 1 saturated heterocycles. The van der Waals surface area contributed by atoms with E-state index in [1.54, 1.807) is 14.0 Å². The summed E-state index contributed by atoms with van der Waals surface area (Å²) in [6.45, 7) is 13.6. The number of piperazine rings is 1. The number of hydrogen-bond donors (Lipinski definition) is 2. The summed E-state index contributed by atoms with van der Waals surface area (Å²) in [5.41, 5.74) is 0.864. The van der Waals surface area contributed by atoms with Gasteiger partial charge in [-0.25, -0.2) is 0 Å². The summed E-state index contributed by atoms with van der Waals surface area (Å²) < 4.78 is 6.05. The zero-order valence-electron chi connectivity index (χ0n) is 18.3. The first-order valence-corrected chi connectivity index (χ1v) is 9.98. The average molecular weight is 517 g/mol. The van der Waals surface area contributed by atoms with Crippen LogP contribution in [0, 0.1) is 0 Å². The van der Waals surface area contributed by atoms with Gasteiger partial charge in [0.2, 0.25) is 5.91 Å². The molecule has 1 aliphatic heterocycles. The van der Waals surface area contributed by atoms with E-state index in [1.807, 2.05) is 43.9 Å². The Bertz CT molecular complexity index is 667. The van der Waals surface area contributed by atoms with Crippen LogP contribution in [0.4, 0.5) is 0 Å². The zero-order chi connectivity index (χ0) is 20.6. The Morgan fingerprint density at radius 2 is 1.79 bits per heavy atom. The number of hydrogen-bond acceptors (Lipinski definition) is 4. The fourth-order valence-electron chi connectivity index (χ4n) is 3.10. The van der Waals surface area contributed by atoms with E-state index in [9.17, 15) is 4.79 Å². The van der Waals surface area contributed by atoms with Crippen LogP contribution in [0.1, 0.15) is 33.3 Å². The predicted molar refractivity (Wildman–Crippen MR) is 129 cm³/mol. The maximum atomic E-state index is 11.4. The van der Waals surface area contributed by atoms with Crippen LogP contribution in [0.3, 0.4) is 0 Å². The van der Waals surface area contributed by atoms with Gasteiger partial charge in [0.15, 0.2) is 5.96 Å². The van der Waals surface area contributed by atoms with Crippen LogP contribution in [0.5, 0.6) is 5.75 Å². The van der Waals surface area contributed by atoms with Crippen molar-refractivity contribution in [1.82, 2.24) is 20.4 Å². The van der Waals surface area contributed by atoms with Crippen molar-refractivity contribution < 1.29 is 9.53 Å². The van der Waals surface area contributed by atoms with Gasteiger partial charge in [0, 0.05) is 65.3 Å².